The Hall–Kier alpha value is -2.77. The molecule has 3 rings (SSSR count). The maximum atomic E-state index is 12.2. The molecule has 120 valence electrons. The standard InChI is InChI=1S/C15H18N6O2/c1-20-14(22)6-5-11(19-20)15(23)18-12-9-13(17-10-16-12)21-7-3-2-4-8-21/h5-6,9-10H,2-4,7-8H2,1H3,(H,16,17,18,23). The van der Waals surface area contributed by atoms with Crippen LogP contribution in [0.3, 0.4) is 0 Å². The first-order valence-electron chi connectivity index (χ1n) is 7.56. The van der Waals surface area contributed by atoms with Crippen molar-refractivity contribution in [1.82, 2.24) is 19.7 Å². The van der Waals surface area contributed by atoms with Crippen molar-refractivity contribution < 1.29 is 4.79 Å². The number of piperidine rings is 1. The molecule has 1 fully saturated rings. The van der Waals surface area contributed by atoms with Crippen molar-refractivity contribution in [2.24, 2.45) is 7.05 Å². The third-order valence-electron chi connectivity index (χ3n) is 3.77. The summed E-state index contributed by atoms with van der Waals surface area (Å²) in [6.07, 6.45) is 4.97. The van der Waals surface area contributed by atoms with Crippen molar-refractivity contribution in [2.75, 3.05) is 23.3 Å². The highest BCUT2D eigenvalue weighted by Crippen LogP contribution is 2.19. The Morgan fingerprint density at radius 2 is 1.96 bits per heavy atom. The highest BCUT2D eigenvalue weighted by Gasteiger charge is 2.14. The first-order valence-corrected chi connectivity index (χ1v) is 7.56. The molecule has 1 N–H and O–H groups in total. The zero-order chi connectivity index (χ0) is 16.2. The molecule has 0 saturated carbocycles. The van der Waals surface area contributed by atoms with Crippen LogP contribution in [0, 0.1) is 0 Å². The Kier molecular flexibility index (Phi) is 4.31. The molecule has 0 atom stereocenters. The van der Waals surface area contributed by atoms with Crippen LogP contribution in [-0.2, 0) is 7.05 Å². The number of nitrogens with one attached hydrogen (secondary N) is 1. The van der Waals surface area contributed by atoms with Gasteiger partial charge in [-0.3, -0.25) is 9.59 Å². The summed E-state index contributed by atoms with van der Waals surface area (Å²) in [5.41, 5.74) is -0.110. The molecule has 2 aromatic rings. The van der Waals surface area contributed by atoms with Gasteiger partial charge in [0.1, 0.15) is 23.7 Å². The molecule has 0 spiro atoms. The topological polar surface area (TPSA) is 93.0 Å². The lowest BCUT2D eigenvalue weighted by molar-refractivity contribution is 0.101. The van der Waals surface area contributed by atoms with Crippen LogP contribution in [0.1, 0.15) is 29.8 Å². The fraction of sp³-hybridized carbons (Fsp3) is 0.400. The average Bonchev–Trinajstić information content (AvgIpc) is 2.58. The Morgan fingerprint density at radius 3 is 2.70 bits per heavy atom. The number of hydrogen-bond acceptors (Lipinski definition) is 6. The minimum Gasteiger partial charge on any atom is -0.356 e. The lowest BCUT2D eigenvalue weighted by Gasteiger charge is -2.27. The van der Waals surface area contributed by atoms with E-state index in [-0.39, 0.29) is 11.3 Å². The number of carbonyl (C=O) groups excluding carboxylic acids is 1. The van der Waals surface area contributed by atoms with E-state index >= 15 is 0 Å². The van der Waals surface area contributed by atoms with E-state index in [0.29, 0.717) is 5.82 Å². The van der Waals surface area contributed by atoms with Crippen molar-refractivity contribution >= 4 is 17.5 Å². The molecule has 0 aliphatic carbocycles. The average molecular weight is 314 g/mol. The second-order valence-electron chi connectivity index (χ2n) is 5.44. The quantitative estimate of drug-likeness (QED) is 0.901. The molecular formula is C15H18N6O2. The van der Waals surface area contributed by atoms with Crippen molar-refractivity contribution in [3.05, 3.63) is 40.6 Å². The van der Waals surface area contributed by atoms with Gasteiger partial charge in [-0.2, -0.15) is 5.10 Å². The summed E-state index contributed by atoms with van der Waals surface area (Å²) < 4.78 is 1.12. The van der Waals surface area contributed by atoms with Gasteiger partial charge in [-0.25, -0.2) is 14.6 Å². The Morgan fingerprint density at radius 1 is 1.17 bits per heavy atom. The van der Waals surface area contributed by atoms with Gasteiger partial charge in [-0.1, -0.05) is 0 Å². The summed E-state index contributed by atoms with van der Waals surface area (Å²) in [5.74, 6) is 0.813. The molecule has 8 heteroatoms. The molecule has 1 saturated heterocycles. The molecule has 0 aromatic carbocycles. The van der Waals surface area contributed by atoms with E-state index in [4.69, 9.17) is 0 Å². The number of anilines is 2. The van der Waals surface area contributed by atoms with Gasteiger partial charge < -0.3 is 10.2 Å². The largest absolute Gasteiger partial charge is 0.356 e. The van der Waals surface area contributed by atoms with E-state index in [1.807, 2.05) is 0 Å². The number of rotatable bonds is 3. The van der Waals surface area contributed by atoms with Crippen LogP contribution in [0.2, 0.25) is 0 Å². The van der Waals surface area contributed by atoms with E-state index in [9.17, 15) is 9.59 Å². The Bertz CT molecular complexity index is 767. The minimum atomic E-state index is -0.413. The number of amides is 1. The molecule has 1 amide bonds. The molecule has 3 heterocycles. The SMILES string of the molecule is Cn1nc(C(=O)Nc2cc(N3CCCCC3)ncn2)ccc1=O. The van der Waals surface area contributed by atoms with Crippen LogP contribution in [0.4, 0.5) is 11.6 Å². The lowest BCUT2D eigenvalue weighted by Crippen LogP contribution is -2.30. The molecule has 1 aliphatic heterocycles. The van der Waals surface area contributed by atoms with Crippen LogP contribution in [0.25, 0.3) is 0 Å². The molecule has 23 heavy (non-hydrogen) atoms. The van der Waals surface area contributed by atoms with Gasteiger partial charge in [0.15, 0.2) is 0 Å². The summed E-state index contributed by atoms with van der Waals surface area (Å²) in [6.45, 7) is 1.93. The maximum absolute atomic E-state index is 12.2. The first-order chi connectivity index (χ1) is 11.1. The molecule has 0 radical (unpaired) electrons. The van der Waals surface area contributed by atoms with E-state index in [2.05, 4.69) is 25.3 Å². The van der Waals surface area contributed by atoms with Gasteiger partial charge in [0, 0.05) is 32.3 Å². The summed E-state index contributed by atoms with van der Waals surface area (Å²) in [5, 5.41) is 6.61. The first kappa shape index (κ1) is 15.1. The zero-order valence-corrected chi connectivity index (χ0v) is 12.9. The zero-order valence-electron chi connectivity index (χ0n) is 12.9. The van der Waals surface area contributed by atoms with Gasteiger partial charge >= 0.3 is 0 Å². The van der Waals surface area contributed by atoms with Gasteiger partial charge in [0.2, 0.25) is 0 Å². The molecule has 1 aliphatic rings. The van der Waals surface area contributed by atoms with Crippen molar-refractivity contribution in [2.45, 2.75) is 19.3 Å². The van der Waals surface area contributed by atoms with Crippen molar-refractivity contribution in [1.29, 1.82) is 0 Å². The van der Waals surface area contributed by atoms with Crippen LogP contribution < -0.4 is 15.8 Å². The maximum Gasteiger partial charge on any atom is 0.277 e. The molecule has 8 nitrogen and oxygen atoms in total. The monoisotopic (exact) mass is 314 g/mol. The summed E-state index contributed by atoms with van der Waals surface area (Å²) in [6, 6.07) is 4.46. The fourth-order valence-corrected chi connectivity index (χ4v) is 2.52. The van der Waals surface area contributed by atoms with E-state index in [1.54, 1.807) is 6.07 Å². The van der Waals surface area contributed by atoms with Crippen molar-refractivity contribution in [3.63, 3.8) is 0 Å². The van der Waals surface area contributed by atoms with Crippen LogP contribution in [-0.4, -0.2) is 38.7 Å². The number of aryl methyl sites for hydroxylation is 1. The van der Waals surface area contributed by atoms with Crippen LogP contribution in [0.5, 0.6) is 0 Å². The highest BCUT2D eigenvalue weighted by molar-refractivity contribution is 6.02. The number of hydrogen-bond donors (Lipinski definition) is 1. The molecular weight excluding hydrogens is 296 g/mol. The number of carbonyl (C=O) groups is 1. The predicted molar refractivity (Wildman–Crippen MR) is 85.5 cm³/mol. The molecule has 0 bridgehead atoms. The minimum absolute atomic E-state index is 0.158. The smallest absolute Gasteiger partial charge is 0.277 e. The Labute approximate surface area is 133 Å². The lowest BCUT2D eigenvalue weighted by atomic mass is 10.1. The highest BCUT2D eigenvalue weighted by atomic mass is 16.2. The van der Waals surface area contributed by atoms with Gasteiger partial charge in [0.05, 0.1) is 0 Å². The predicted octanol–water partition coefficient (Wildman–Crippen LogP) is 0.813. The number of nitrogens with zero attached hydrogens (tertiary/aromatic N) is 5. The van der Waals surface area contributed by atoms with E-state index in [1.165, 1.54) is 31.9 Å². The van der Waals surface area contributed by atoms with Crippen LogP contribution in [0.15, 0.2) is 29.3 Å². The fourth-order valence-electron chi connectivity index (χ4n) is 2.52. The van der Waals surface area contributed by atoms with Gasteiger partial charge in [-0.05, 0) is 25.3 Å². The van der Waals surface area contributed by atoms with E-state index in [0.717, 1.165) is 36.4 Å². The van der Waals surface area contributed by atoms with Crippen LogP contribution >= 0.6 is 0 Å². The second kappa shape index (κ2) is 6.55. The molecule has 2 aromatic heterocycles. The number of aromatic nitrogens is 4. The van der Waals surface area contributed by atoms with Gasteiger partial charge in [-0.15, -0.1) is 0 Å². The third kappa shape index (κ3) is 3.53. The summed E-state index contributed by atoms with van der Waals surface area (Å²) in [7, 11) is 1.50. The van der Waals surface area contributed by atoms with E-state index < -0.39 is 5.91 Å². The molecule has 0 unspecified atom stereocenters. The third-order valence-corrected chi connectivity index (χ3v) is 3.77. The summed E-state index contributed by atoms with van der Waals surface area (Å²) in [4.78, 5) is 34.0. The van der Waals surface area contributed by atoms with Crippen molar-refractivity contribution in [3.8, 4) is 0 Å². The second-order valence-corrected chi connectivity index (χ2v) is 5.44. The van der Waals surface area contributed by atoms with Gasteiger partial charge in [0.25, 0.3) is 11.5 Å². The Balaban J connectivity index is 1.75. The summed E-state index contributed by atoms with van der Waals surface area (Å²) >= 11 is 0. The normalized spacial score (nSPS) is 14.6.